The summed E-state index contributed by atoms with van der Waals surface area (Å²) in [6.07, 6.45) is 0. The van der Waals surface area contributed by atoms with Crippen molar-refractivity contribution in [3.8, 4) is 5.75 Å². The van der Waals surface area contributed by atoms with Crippen LogP contribution in [0.2, 0.25) is 0 Å². The molecule has 2 aromatic rings. The lowest BCUT2D eigenvalue weighted by atomic mass is 10.1. The van der Waals surface area contributed by atoms with E-state index in [4.69, 9.17) is 9.47 Å². The van der Waals surface area contributed by atoms with Crippen molar-refractivity contribution in [2.45, 2.75) is 32.9 Å². The SMILES string of the molecule is COc1ccc(C(=NCc2ccccc2)C(=O)OC(C)(C)C)cc1. The largest absolute Gasteiger partial charge is 0.497 e. The Balaban J connectivity index is 2.31. The molecule has 0 bridgehead atoms. The van der Waals surface area contributed by atoms with Gasteiger partial charge in [-0.25, -0.2) is 4.79 Å². The van der Waals surface area contributed by atoms with Gasteiger partial charge >= 0.3 is 5.97 Å². The van der Waals surface area contributed by atoms with Crippen LogP contribution >= 0.6 is 0 Å². The molecule has 0 amide bonds. The van der Waals surface area contributed by atoms with E-state index in [9.17, 15) is 4.79 Å². The van der Waals surface area contributed by atoms with Crippen molar-refractivity contribution in [3.63, 3.8) is 0 Å². The number of rotatable bonds is 5. The van der Waals surface area contributed by atoms with Crippen LogP contribution < -0.4 is 4.74 Å². The van der Waals surface area contributed by atoms with Crippen molar-refractivity contribution >= 4 is 11.7 Å². The number of nitrogens with zero attached hydrogens (tertiary/aromatic N) is 1. The molecule has 126 valence electrons. The second-order valence-electron chi connectivity index (χ2n) is 6.38. The summed E-state index contributed by atoms with van der Waals surface area (Å²) in [5.41, 5.74) is 1.49. The number of hydrogen-bond donors (Lipinski definition) is 0. The minimum Gasteiger partial charge on any atom is -0.497 e. The van der Waals surface area contributed by atoms with Crippen LogP contribution in [0.3, 0.4) is 0 Å². The van der Waals surface area contributed by atoms with E-state index >= 15 is 0 Å². The summed E-state index contributed by atoms with van der Waals surface area (Å²) in [4.78, 5) is 17.1. The van der Waals surface area contributed by atoms with Gasteiger partial charge in [0.25, 0.3) is 0 Å². The summed E-state index contributed by atoms with van der Waals surface area (Å²) in [5, 5.41) is 0. The first-order valence-electron chi connectivity index (χ1n) is 7.85. The third kappa shape index (κ3) is 5.23. The van der Waals surface area contributed by atoms with Crippen molar-refractivity contribution in [1.82, 2.24) is 0 Å². The monoisotopic (exact) mass is 325 g/mol. The number of aliphatic imine (C=N–C) groups is 1. The van der Waals surface area contributed by atoms with Crippen LogP contribution in [0.5, 0.6) is 5.75 Å². The maximum Gasteiger partial charge on any atom is 0.357 e. The fraction of sp³-hybridized carbons (Fsp3) is 0.300. The predicted molar refractivity (Wildman–Crippen MR) is 95.5 cm³/mol. The first kappa shape index (κ1) is 17.7. The van der Waals surface area contributed by atoms with Crippen LogP contribution in [-0.4, -0.2) is 24.4 Å². The van der Waals surface area contributed by atoms with E-state index in [1.54, 1.807) is 19.2 Å². The van der Waals surface area contributed by atoms with Gasteiger partial charge in [0.1, 0.15) is 11.4 Å². The zero-order valence-corrected chi connectivity index (χ0v) is 14.6. The zero-order valence-electron chi connectivity index (χ0n) is 14.6. The number of carbonyl (C=O) groups is 1. The van der Waals surface area contributed by atoms with Crippen molar-refractivity contribution in [1.29, 1.82) is 0 Å². The summed E-state index contributed by atoms with van der Waals surface area (Å²) < 4.78 is 10.7. The van der Waals surface area contributed by atoms with Gasteiger partial charge in [0, 0.05) is 5.56 Å². The number of ether oxygens (including phenoxy) is 2. The van der Waals surface area contributed by atoms with Gasteiger partial charge in [-0.2, -0.15) is 0 Å². The van der Waals surface area contributed by atoms with Gasteiger partial charge in [0.2, 0.25) is 0 Å². The Morgan fingerprint density at radius 3 is 2.17 bits per heavy atom. The Bertz CT molecular complexity index is 698. The van der Waals surface area contributed by atoms with Crippen LogP contribution in [0.1, 0.15) is 31.9 Å². The lowest BCUT2D eigenvalue weighted by molar-refractivity contribution is -0.146. The summed E-state index contributed by atoms with van der Waals surface area (Å²) in [6, 6.07) is 17.0. The Kier molecular flexibility index (Phi) is 5.74. The molecule has 24 heavy (non-hydrogen) atoms. The average Bonchev–Trinajstić information content (AvgIpc) is 2.55. The van der Waals surface area contributed by atoms with E-state index in [2.05, 4.69) is 4.99 Å². The van der Waals surface area contributed by atoms with Gasteiger partial charge in [-0.15, -0.1) is 0 Å². The molecule has 0 saturated heterocycles. The molecule has 0 fully saturated rings. The van der Waals surface area contributed by atoms with E-state index < -0.39 is 11.6 Å². The highest BCUT2D eigenvalue weighted by Crippen LogP contribution is 2.16. The molecular weight excluding hydrogens is 302 g/mol. The van der Waals surface area contributed by atoms with Crippen molar-refractivity contribution in [2.24, 2.45) is 4.99 Å². The molecule has 0 radical (unpaired) electrons. The fourth-order valence-electron chi connectivity index (χ4n) is 2.10. The van der Waals surface area contributed by atoms with Gasteiger partial charge < -0.3 is 9.47 Å². The number of esters is 1. The van der Waals surface area contributed by atoms with Crippen LogP contribution in [0.15, 0.2) is 59.6 Å². The van der Waals surface area contributed by atoms with Crippen LogP contribution in [0, 0.1) is 0 Å². The summed E-state index contributed by atoms with van der Waals surface area (Å²) in [5.74, 6) is 0.300. The lowest BCUT2D eigenvalue weighted by Gasteiger charge is -2.20. The molecule has 0 aliphatic heterocycles. The third-order valence-electron chi connectivity index (χ3n) is 3.22. The smallest absolute Gasteiger partial charge is 0.357 e. The fourth-order valence-corrected chi connectivity index (χ4v) is 2.10. The molecule has 4 nitrogen and oxygen atoms in total. The number of hydrogen-bond acceptors (Lipinski definition) is 4. The minimum absolute atomic E-state index is 0.316. The molecule has 2 aromatic carbocycles. The van der Waals surface area contributed by atoms with Crippen LogP contribution in [0.25, 0.3) is 0 Å². The molecule has 0 aliphatic rings. The predicted octanol–water partition coefficient (Wildman–Crippen LogP) is 4.03. The zero-order chi connectivity index (χ0) is 17.6. The van der Waals surface area contributed by atoms with Crippen molar-refractivity contribution in [2.75, 3.05) is 7.11 Å². The summed E-state index contributed by atoms with van der Waals surface area (Å²) >= 11 is 0. The molecule has 0 N–H and O–H groups in total. The Morgan fingerprint density at radius 1 is 1.00 bits per heavy atom. The quantitative estimate of drug-likeness (QED) is 0.616. The normalized spacial score (nSPS) is 11.9. The van der Waals surface area contributed by atoms with E-state index in [0.717, 1.165) is 11.3 Å². The molecule has 0 aromatic heterocycles. The standard InChI is InChI=1S/C20H23NO3/c1-20(2,3)24-19(22)18(16-10-12-17(23-4)13-11-16)21-14-15-8-6-5-7-9-15/h5-13H,14H2,1-4H3. The highest BCUT2D eigenvalue weighted by molar-refractivity contribution is 6.43. The molecule has 0 spiro atoms. The Labute approximate surface area is 143 Å². The summed E-state index contributed by atoms with van der Waals surface area (Å²) in [7, 11) is 1.60. The number of methoxy groups -OCH3 is 1. The number of benzene rings is 2. The third-order valence-corrected chi connectivity index (χ3v) is 3.22. The van der Waals surface area contributed by atoms with Gasteiger partial charge in [0.15, 0.2) is 5.71 Å². The molecule has 2 rings (SSSR count). The minimum atomic E-state index is -0.572. The topological polar surface area (TPSA) is 47.9 Å². The average molecular weight is 325 g/mol. The summed E-state index contributed by atoms with van der Waals surface area (Å²) in [6.45, 7) is 5.94. The molecule has 0 saturated carbocycles. The van der Waals surface area contributed by atoms with E-state index in [0.29, 0.717) is 17.8 Å². The second kappa shape index (κ2) is 7.77. The second-order valence-corrected chi connectivity index (χ2v) is 6.38. The van der Waals surface area contributed by atoms with Crippen LogP contribution in [-0.2, 0) is 16.1 Å². The lowest BCUT2D eigenvalue weighted by Crippen LogP contribution is -2.29. The van der Waals surface area contributed by atoms with Crippen LogP contribution in [0.4, 0.5) is 0 Å². The maximum atomic E-state index is 12.6. The van der Waals surface area contributed by atoms with E-state index in [1.165, 1.54) is 0 Å². The molecule has 0 atom stereocenters. The van der Waals surface area contributed by atoms with E-state index in [1.807, 2.05) is 63.2 Å². The molecule has 0 aliphatic carbocycles. The maximum absolute atomic E-state index is 12.6. The molecule has 0 unspecified atom stereocenters. The first-order valence-corrected chi connectivity index (χ1v) is 7.85. The molecule has 0 heterocycles. The highest BCUT2D eigenvalue weighted by atomic mass is 16.6. The highest BCUT2D eigenvalue weighted by Gasteiger charge is 2.22. The van der Waals surface area contributed by atoms with Gasteiger partial charge in [0.05, 0.1) is 13.7 Å². The Morgan fingerprint density at radius 2 is 1.62 bits per heavy atom. The van der Waals surface area contributed by atoms with E-state index in [-0.39, 0.29) is 0 Å². The van der Waals surface area contributed by atoms with Gasteiger partial charge in [-0.1, -0.05) is 30.3 Å². The first-order chi connectivity index (χ1) is 11.4. The number of carbonyl (C=O) groups excluding carboxylic acids is 1. The molecular formula is C20H23NO3. The van der Waals surface area contributed by atoms with Gasteiger partial charge in [-0.3, -0.25) is 4.99 Å². The molecule has 4 heteroatoms. The van der Waals surface area contributed by atoms with Crippen molar-refractivity contribution in [3.05, 3.63) is 65.7 Å². The van der Waals surface area contributed by atoms with Crippen molar-refractivity contribution < 1.29 is 14.3 Å². The van der Waals surface area contributed by atoms with Gasteiger partial charge in [-0.05, 0) is 50.6 Å². The Hall–Kier alpha value is -2.62.